The first kappa shape index (κ1) is 17.2. The number of hydrogen-bond donors (Lipinski definition) is 0. The van der Waals surface area contributed by atoms with Crippen LogP contribution in [-0.2, 0) is 0 Å². The summed E-state index contributed by atoms with van der Waals surface area (Å²) in [6.45, 7) is 0. The van der Waals surface area contributed by atoms with E-state index in [0.717, 1.165) is 43.0 Å². The Bertz CT molecular complexity index is 509. The average Bonchev–Trinajstić information content (AvgIpc) is 2.53. The first-order valence-electron chi connectivity index (χ1n) is 7.65. The molecule has 0 bridgehead atoms. The Morgan fingerprint density at radius 3 is 1.73 bits per heavy atom. The maximum atomic E-state index is 13.1. The van der Waals surface area contributed by atoms with Crippen molar-refractivity contribution in [3.05, 3.63) is 71.3 Å². The van der Waals surface area contributed by atoms with Crippen LogP contribution >= 0.6 is 8.46 Å². The van der Waals surface area contributed by atoms with Crippen LogP contribution in [0.5, 0.6) is 0 Å². The predicted octanol–water partition coefficient (Wildman–Crippen LogP) is 5.42. The van der Waals surface area contributed by atoms with Gasteiger partial charge < -0.3 is 0 Å². The largest absolute Gasteiger partial charge is 0.207 e. The van der Waals surface area contributed by atoms with Gasteiger partial charge in [0, 0.05) is 5.92 Å². The summed E-state index contributed by atoms with van der Waals surface area (Å²) in [7, 11) is 6.06. The van der Waals surface area contributed by atoms with Crippen molar-refractivity contribution in [3.63, 3.8) is 0 Å². The maximum absolute atomic E-state index is 13.1. The fourth-order valence-electron chi connectivity index (χ4n) is 2.67. The lowest BCUT2D eigenvalue weighted by Gasteiger charge is -2.18. The second kappa shape index (κ2) is 9.05. The first-order chi connectivity index (χ1) is 10.7. The Morgan fingerprint density at radius 2 is 1.27 bits per heavy atom. The SMILES string of the molecule is [B]PCCCCCC(c1ccc(F)cc1)c1ccc(F)cc1. The molecule has 0 fully saturated rings. The molecule has 1 unspecified atom stereocenters. The van der Waals surface area contributed by atoms with Crippen molar-refractivity contribution < 1.29 is 8.78 Å². The van der Waals surface area contributed by atoms with Crippen LogP contribution in [0.1, 0.15) is 42.7 Å². The van der Waals surface area contributed by atoms with Crippen LogP contribution in [0.4, 0.5) is 8.78 Å². The molecule has 2 radical (unpaired) electrons. The molecule has 0 aliphatic heterocycles. The molecular formula is C18H20BF2P. The molecule has 0 aliphatic carbocycles. The minimum absolute atomic E-state index is 0.182. The lowest BCUT2D eigenvalue weighted by Crippen LogP contribution is -2.02. The predicted molar refractivity (Wildman–Crippen MR) is 92.0 cm³/mol. The molecule has 4 heteroatoms. The fraction of sp³-hybridized carbons (Fsp3) is 0.333. The molecule has 0 N–H and O–H groups in total. The van der Waals surface area contributed by atoms with E-state index in [-0.39, 0.29) is 17.6 Å². The molecule has 0 nitrogen and oxygen atoms in total. The summed E-state index contributed by atoms with van der Waals surface area (Å²) in [6.07, 6.45) is 5.43. The Labute approximate surface area is 134 Å². The van der Waals surface area contributed by atoms with Gasteiger partial charge in [0.15, 0.2) is 0 Å². The Balaban J connectivity index is 2.10. The quantitative estimate of drug-likeness (QED) is 0.346. The highest BCUT2D eigenvalue weighted by Gasteiger charge is 2.14. The minimum Gasteiger partial charge on any atom is -0.207 e. The summed E-state index contributed by atoms with van der Waals surface area (Å²) in [5.74, 6) is -0.280. The van der Waals surface area contributed by atoms with E-state index in [0.29, 0.717) is 8.46 Å². The molecule has 0 saturated heterocycles. The van der Waals surface area contributed by atoms with Crippen molar-refractivity contribution in [2.45, 2.75) is 31.6 Å². The van der Waals surface area contributed by atoms with Gasteiger partial charge in [0.2, 0.25) is 0 Å². The molecule has 0 saturated carbocycles. The fourth-order valence-corrected chi connectivity index (χ4v) is 3.12. The van der Waals surface area contributed by atoms with Crippen LogP contribution in [0.15, 0.2) is 48.5 Å². The van der Waals surface area contributed by atoms with Crippen LogP contribution < -0.4 is 0 Å². The van der Waals surface area contributed by atoms with Crippen LogP contribution in [-0.4, -0.2) is 13.7 Å². The van der Waals surface area contributed by atoms with Crippen LogP contribution in [0.25, 0.3) is 0 Å². The Morgan fingerprint density at radius 1 is 0.773 bits per heavy atom. The van der Waals surface area contributed by atoms with Gasteiger partial charge in [0.05, 0.1) is 0 Å². The molecule has 0 aliphatic rings. The third kappa shape index (κ3) is 5.21. The Hall–Kier alpha value is -1.21. The first-order valence-corrected chi connectivity index (χ1v) is 8.93. The van der Waals surface area contributed by atoms with Crippen molar-refractivity contribution in [2.75, 3.05) is 6.16 Å². The van der Waals surface area contributed by atoms with E-state index in [1.165, 1.54) is 24.3 Å². The molecule has 2 rings (SSSR count). The molecular weight excluding hydrogens is 296 g/mol. The monoisotopic (exact) mass is 316 g/mol. The topological polar surface area (TPSA) is 0 Å². The van der Waals surface area contributed by atoms with Gasteiger partial charge in [-0.05, 0) is 48.0 Å². The van der Waals surface area contributed by atoms with E-state index in [1.54, 1.807) is 0 Å². The van der Waals surface area contributed by atoms with Gasteiger partial charge in [-0.1, -0.05) is 43.5 Å². The second-order valence-corrected chi connectivity index (χ2v) is 6.37. The zero-order valence-corrected chi connectivity index (χ0v) is 13.6. The number of hydrogen-bond acceptors (Lipinski definition) is 0. The highest BCUT2D eigenvalue weighted by molar-refractivity contribution is 7.66. The van der Waals surface area contributed by atoms with E-state index in [2.05, 4.69) is 0 Å². The highest BCUT2D eigenvalue weighted by Crippen LogP contribution is 2.30. The normalized spacial score (nSPS) is 11.6. The van der Waals surface area contributed by atoms with Gasteiger partial charge in [0.25, 0.3) is 0 Å². The van der Waals surface area contributed by atoms with E-state index >= 15 is 0 Å². The number of rotatable bonds is 8. The molecule has 0 aromatic heterocycles. The molecule has 0 spiro atoms. The highest BCUT2D eigenvalue weighted by atomic mass is 31.1. The minimum atomic E-state index is -0.231. The second-order valence-electron chi connectivity index (χ2n) is 5.46. The third-order valence-corrected chi connectivity index (χ3v) is 4.50. The Kier molecular flexibility index (Phi) is 7.06. The van der Waals surface area contributed by atoms with Gasteiger partial charge >= 0.3 is 0 Å². The van der Waals surface area contributed by atoms with Crippen molar-refractivity contribution >= 4 is 16.0 Å². The summed E-state index contributed by atoms with van der Waals surface area (Å²) in [5.41, 5.74) is 2.16. The number of benzene rings is 2. The van der Waals surface area contributed by atoms with E-state index < -0.39 is 0 Å². The van der Waals surface area contributed by atoms with Crippen molar-refractivity contribution in [1.29, 1.82) is 0 Å². The molecule has 2 aromatic carbocycles. The average molecular weight is 316 g/mol. The van der Waals surface area contributed by atoms with E-state index in [4.69, 9.17) is 7.57 Å². The van der Waals surface area contributed by atoms with Crippen LogP contribution in [0.3, 0.4) is 0 Å². The summed E-state index contributed by atoms with van der Waals surface area (Å²) in [6, 6.07) is 13.2. The lowest BCUT2D eigenvalue weighted by molar-refractivity contribution is 0.606. The van der Waals surface area contributed by atoms with Crippen molar-refractivity contribution in [2.24, 2.45) is 0 Å². The van der Waals surface area contributed by atoms with Gasteiger partial charge in [0.1, 0.15) is 19.2 Å². The van der Waals surface area contributed by atoms with Gasteiger partial charge in [-0.25, -0.2) is 8.78 Å². The summed E-state index contributed by atoms with van der Waals surface area (Å²) in [5, 5.41) is 0. The zero-order chi connectivity index (χ0) is 15.8. The summed E-state index contributed by atoms with van der Waals surface area (Å²) >= 11 is 0. The van der Waals surface area contributed by atoms with Gasteiger partial charge in [-0.15, -0.1) is 0 Å². The molecule has 114 valence electrons. The molecule has 0 heterocycles. The smallest absolute Gasteiger partial charge is 0.123 e. The molecule has 2 aromatic rings. The van der Waals surface area contributed by atoms with Crippen molar-refractivity contribution in [1.82, 2.24) is 0 Å². The van der Waals surface area contributed by atoms with Crippen LogP contribution in [0.2, 0.25) is 0 Å². The zero-order valence-electron chi connectivity index (χ0n) is 12.6. The third-order valence-electron chi connectivity index (χ3n) is 3.86. The van der Waals surface area contributed by atoms with E-state index in [9.17, 15) is 8.78 Å². The number of halogens is 2. The van der Waals surface area contributed by atoms with E-state index in [1.807, 2.05) is 24.3 Å². The van der Waals surface area contributed by atoms with Crippen LogP contribution in [0, 0.1) is 11.6 Å². The summed E-state index contributed by atoms with van der Waals surface area (Å²) < 4.78 is 26.3. The number of unbranched alkanes of at least 4 members (excludes halogenated alkanes) is 2. The molecule has 22 heavy (non-hydrogen) atoms. The molecule has 0 amide bonds. The van der Waals surface area contributed by atoms with Gasteiger partial charge in [-0.2, -0.15) is 8.46 Å². The molecule has 1 atom stereocenters. The van der Waals surface area contributed by atoms with Crippen molar-refractivity contribution in [3.8, 4) is 0 Å². The standard InChI is InChI=1S/C18H20BF2P/c19-22-13-3-1-2-4-18(14-5-9-16(20)10-6-14)15-7-11-17(21)12-8-15/h5-12,18,22H,1-4,13H2. The maximum Gasteiger partial charge on any atom is 0.123 e. The summed E-state index contributed by atoms with van der Waals surface area (Å²) in [4.78, 5) is 0. The van der Waals surface area contributed by atoms with Gasteiger partial charge in [-0.3, -0.25) is 0 Å². The lowest BCUT2D eigenvalue weighted by atomic mass is 9.87.